The molecule has 0 atom stereocenters. The van der Waals surface area contributed by atoms with Crippen LogP contribution in [0.4, 0.5) is 18.9 Å². The molecule has 0 fully saturated rings. The summed E-state index contributed by atoms with van der Waals surface area (Å²) >= 11 is 7.76. The monoisotopic (exact) mass is 391 g/mol. The lowest BCUT2D eigenvalue weighted by atomic mass is 10.3. The highest BCUT2D eigenvalue weighted by molar-refractivity contribution is 8.00. The number of rotatable bonds is 6. The largest absolute Gasteiger partial charge is 0.398 e. The number of para-hydroxylation sites is 1. The van der Waals surface area contributed by atoms with Crippen molar-refractivity contribution in [2.45, 2.75) is 16.0 Å². The number of nitrogens with one attached hydrogen (secondary N) is 1. The summed E-state index contributed by atoms with van der Waals surface area (Å²) in [6.45, 7) is 0. The summed E-state index contributed by atoms with van der Waals surface area (Å²) in [5, 5.41) is 3.26. The summed E-state index contributed by atoms with van der Waals surface area (Å²) in [5.41, 5.74) is 0.383. The predicted octanol–water partition coefficient (Wildman–Crippen LogP) is 5.73. The summed E-state index contributed by atoms with van der Waals surface area (Å²) < 4.78 is 37.1. The Morgan fingerprint density at radius 3 is 2.38 bits per heavy atom. The Labute approximate surface area is 151 Å². The lowest BCUT2D eigenvalue weighted by Crippen LogP contribution is -2.15. The second kappa shape index (κ2) is 8.69. The van der Waals surface area contributed by atoms with Crippen molar-refractivity contribution in [3.05, 3.63) is 53.6 Å². The zero-order chi connectivity index (χ0) is 17.6. The van der Waals surface area contributed by atoms with Gasteiger partial charge in [0.15, 0.2) is 0 Å². The summed E-state index contributed by atoms with van der Waals surface area (Å²) in [6.07, 6.45) is -4.26. The van der Waals surface area contributed by atoms with Crippen molar-refractivity contribution >= 4 is 46.7 Å². The van der Waals surface area contributed by atoms with Crippen molar-refractivity contribution in [3.63, 3.8) is 0 Å². The van der Waals surface area contributed by atoms with Gasteiger partial charge in [0.1, 0.15) is 0 Å². The molecule has 0 aliphatic rings. The second-order valence-electron chi connectivity index (χ2n) is 4.69. The maximum Gasteiger partial charge on any atom is 0.398 e. The highest BCUT2D eigenvalue weighted by atomic mass is 35.5. The van der Waals surface area contributed by atoms with E-state index >= 15 is 0 Å². The molecule has 2 aromatic rings. The molecule has 128 valence electrons. The summed E-state index contributed by atoms with van der Waals surface area (Å²) in [7, 11) is 0. The maximum absolute atomic E-state index is 12.4. The van der Waals surface area contributed by atoms with Gasteiger partial charge in [-0.1, -0.05) is 23.7 Å². The predicted molar refractivity (Wildman–Crippen MR) is 94.0 cm³/mol. The van der Waals surface area contributed by atoms with Gasteiger partial charge in [0.05, 0.1) is 17.2 Å². The van der Waals surface area contributed by atoms with Gasteiger partial charge in [-0.05, 0) is 36.4 Å². The fourth-order valence-electron chi connectivity index (χ4n) is 1.72. The van der Waals surface area contributed by atoms with E-state index in [1.807, 2.05) is 0 Å². The molecular formula is C16H13ClF3NOS2. The molecular weight excluding hydrogens is 379 g/mol. The fourth-order valence-corrected chi connectivity index (χ4v) is 3.31. The molecule has 0 aliphatic carbocycles. The van der Waals surface area contributed by atoms with Crippen LogP contribution in [0.15, 0.2) is 58.3 Å². The third-order valence-corrected chi connectivity index (χ3v) is 5.14. The van der Waals surface area contributed by atoms with Crippen LogP contribution >= 0.6 is 35.1 Å². The Kier molecular flexibility index (Phi) is 6.89. The quantitative estimate of drug-likeness (QED) is 0.638. The molecule has 0 spiro atoms. The van der Waals surface area contributed by atoms with Gasteiger partial charge in [-0.2, -0.15) is 13.2 Å². The van der Waals surface area contributed by atoms with E-state index in [4.69, 9.17) is 11.6 Å². The molecule has 0 aromatic heterocycles. The Bertz CT molecular complexity index is 692. The van der Waals surface area contributed by atoms with E-state index in [2.05, 4.69) is 5.32 Å². The third-order valence-electron chi connectivity index (χ3n) is 2.74. The summed E-state index contributed by atoms with van der Waals surface area (Å²) in [6, 6.07) is 13.5. The lowest BCUT2D eigenvalue weighted by molar-refractivity contribution is -0.113. The van der Waals surface area contributed by atoms with Crippen LogP contribution in [-0.4, -0.2) is 23.6 Å². The van der Waals surface area contributed by atoms with Crippen LogP contribution in [0.25, 0.3) is 0 Å². The van der Waals surface area contributed by atoms with Gasteiger partial charge < -0.3 is 5.32 Å². The highest BCUT2D eigenvalue weighted by Gasteiger charge is 2.27. The van der Waals surface area contributed by atoms with E-state index in [9.17, 15) is 18.0 Å². The number of hydrogen-bond acceptors (Lipinski definition) is 3. The van der Waals surface area contributed by atoms with Crippen LogP contribution in [0.1, 0.15) is 0 Å². The van der Waals surface area contributed by atoms with E-state index < -0.39 is 11.9 Å². The van der Waals surface area contributed by atoms with Gasteiger partial charge in [0, 0.05) is 14.8 Å². The molecule has 0 heterocycles. The fraction of sp³-hybridized carbons (Fsp3) is 0.188. The average molecular weight is 392 g/mol. The summed E-state index contributed by atoms with van der Waals surface area (Å²) in [4.78, 5) is 13.3. The molecule has 0 saturated carbocycles. The van der Waals surface area contributed by atoms with E-state index in [1.165, 1.54) is 11.8 Å². The number of halogens is 4. The zero-order valence-corrected chi connectivity index (χ0v) is 14.7. The molecule has 1 amide bonds. The third kappa shape index (κ3) is 6.67. The van der Waals surface area contributed by atoms with Crippen LogP contribution in [0.5, 0.6) is 0 Å². The number of anilines is 1. The number of carbonyl (C=O) groups excluding carboxylic acids is 1. The van der Waals surface area contributed by atoms with E-state index in [1.54, 1.807) is 48.5 Å². The van der Waals surface area contributed by atoms with E-state index in [-0.39, 0.29) is 11.7 Å². The number of thioether (sulfide) groups is 2. The second-order valence-corrected chi connectivity index (χ2v) is 7.19. The molecule has 2 aromatic carbocycles. The SMILES string of the molecule is O=C(CSc1ccc(Cl)cc1)Nc1ccccc1SCC(F)(F)F. The van der Waals surface area contributed by atoms with E-state index in [0.29, 0.717) is 27.4 Å². The van der Waals surface area contributed by atoms with Crippen molar-refractivity contribution in [2.75, 3.05) is 16.8 Å². The lowest BCUT2D eigenvalue weighted by Gasteiger charge is -2.12. The molecule has 24 heavy (non-hydrogen) atoms. The van der Waals surface area contributed by atoms with Gasteiger partial charge >= 0.3 is 6.18 Å². The van der Waals surface area contributed by atoms with Crippen LogP contribution in [0, 0.1) is 0 Å². The number of hydrogen-bond donors (Lipinski definition) is 1. The van der Waals surface area contributed by atoms with Crippen molar-refractivity contribution in [1.82, 2.24) is 0 Å². The minimum atomic E-state index is -4.26. The average Bonchev–Trinajstić information content (AvgIpc) is 2.53. The Morgan fingerprint density at radius 1 is 1.04 bits per heavy atom. The molecule has 8 heteroatoms. The van der Waals surface area contributed by atoms with Crippen LogP contribution in [0.2, 0.25) is 5.02 Å². The zero-order valence-electron chi connectivity index (χ0n) is 12.3. The van der Waals surface area contributed by atoms with Crippen molar-refractivity contribution in [3.8, 4) is 0 Å². The Balaban J connectivity index is 1.92. The normalized spacial score (nSPS) is 11.3. The molecule has 0 bridgehead atoms. The first kappa shape index (κ1) is 19.0. The minimum absolute atomic E-state index is 0.153. The minimum Gasteiger partial charge on any atom is -0.324 e. The van der Waals surface area contributed by atoms with Gasteiger partial charge in [-0.25, -0.2) is 0 Å². The molecule has 0 aliphatic heterocycles. The Hall–Kier alpha value is -1.31. The molecule has 0 radical (unpaired) electrons. The van der Waals surface area contributed by atoms with Gasteiger partial charge in [0.2, 0.25) is 5.91 Å². The number of amides is 1. The first-order valence-corrected chi connectivity index (χ1v) is 9.15. The molecule has 0 saturated heterocycles. The maximum atomic E-state index is 12.4. The number of alkyl halides is 3. The van der Waals surface area contributed by atoms with Crippen LogP contribution < -0.4 is 5.32 Å². The highest BCUT2D eigenvalue weighted by Crippen LogP contribution is 2.32. The molecule has 1 N–H and O–H groups in total. The summed E-state index contributed by atoms with van der Waals surface area (Å²) in [5.74, 6) is -1.13. The van der Waals surface area contributed by atoms with Crippen molar-refractivity contribution in [2.24, 2.45) is 0 Å². The first-order valence-electron chi connectivity index (χ1n) is 6.80. The van der Waals surface area contributed by atoms with Gasteiger partial charge in [-0.3, -0.25) is 4.79 Å². The Morgan fingerprint density at radius 2 is 1.71 bits per heavy atom. The number of benzene rings is 2. The van der Waals surface area contributed by atoms with Gasteiger partial charge in [0.25, 0.3) is 0 Å². The van der Waals surface area contributed by atoms with Crippen LogP contribution in [-0.2, 0) is 4.79 Å². The van der Waals surface area contributed by atoms with Gasteiger partial charge in [-0.15, -0.1) is 23.5 Å². The molecule has 2 nitrogen and oxygen atoms in total. The molecule has 0 unspecified atom stereocenters. The number of carbonyl (C=O) groups is 1. The van der Waals surface area contributed by atoms with Crippen LogP contribution in [0.3, 0.4) is 0 Å². The van der Waals surface area contributed by atoms with E-state index in [0.717, 1.165) is 4.90 Å². The smallest absolute Gasteiger partial charge is 0.324 e. The topological polar surface area (TPSA) is 29.1 Å². The molecule has 2 rings (SSSR count). The first-order chi connectivity index (χ1) is 11.3. The van der Waals surface area contributed by atoms with Crippen molar-refractivity contribution < 1.29 is 18.0 Å². The van der Waals surface area contributed by atoms with Crippen molar-refractivity contribution in [1.29, 1.82) is 0 Å². The standard InChI is InChI=1S/C16H13ClF3NOS2/c17-11-5-7-12(8-6-11)23-9-15(22)21-13-3-1-2-4-14(13)24-10-16(18,19)20/h1-8H,9-10H2,(H,21,22).